The van der Waals surface area contributed by atoms with Gasteiger partial charge in [0.25, 0.3) is 5.91 Å². The summed E-state index contributed by atoms with van der Waals surface area (Å²) in [5.74, 6) is -0.800. The minimum absolute atomic E-state index is 0.0154. The van der Waals surface area contributed by atoms with Gasteiger partial charge in [0.1, 0.15) is 0 Å². The molecule has 0 spiro atoms. The lowest BCUT2D eigenvalue weighted by Gasteiger charge is -2.33. The summed E-state index contributed by atoms with van der Waals surface area (Å²) in [7, 11) is 0. The van der Waals surface area contributed by atoms with E-state index in [4.69, 9.17) is 0 Å². The molecule has 1 fully saturated rings. The van der Waals surface area contributed by atoms with Crippen LogP contribution in [0, 0.1) is 0 Å². The van der Waals surface area contributed by atoms with Gasteiger partial charge in [0, 0.05) is 30.6 Å². The first-order valence-electron chi connectivity index (χ1n) is 9.10. The van der Waals surface area contributed by atoms with Gasteiger partial charge in [-0.25, -0.2) is 4.79 Å². The number of carbonyl (C=O) groups excluding carboxylic acids is 1. The number of aromatic nitrogens is 1. The van der Waals surface area contributed by atoms with Gasteiger partial charge in [0.15, 0.2) is 0 Å². The van der Waals surface area contributed by atoms with Crippen molar-refractivity contribution in [3.8, 4) is 0 Å². The van der Waals surface area contributed by atoms with Gasteiger partial charge in [-0.15, -0.1) is 0 Å². The summed E-state index contributed by atoms with van der Waals surface area (Å²) in [4.78, 5) is 30.7. The van der Waals surface area contributed by atoms with E-state index in [1.54, 1.807) is 24.4 Å². The molecule has 1 aliphatic rings. The van der Waals surface area contributed by atoms with E-state index in [-0.39, 0.29) is 17.4 Å². The lowest BCUT2D eigenvalue weighted by atomic mass is 9.89. The lowest BCUT2D eigenvalue weighted by molar-refractivity contribution is 0.0688. The molecule has 5 heteroatoms. The average Bonchev–Trinajstić information content (AvgIpc) is 2.73. The maximum atomic E-state index is 13.2. The third-order valence-corrected chi connectivity index (χ3v) is 5.18. The number of fused-ring (bicyclic) bond motifs is 1. The molecule has 1 N–H and O–H groups in total. The number of benzene rings is 2. The van der Waals surface area contributed by atoms with E-state index in [2.05, 4.69) is 4.98 Å². The predicted molar refractivity (Wildman–Crippen MR) is 103 cm³/mol. The van der Waals surface area contributed by atoms with Crippen LogP contribution in [0.25, 0.3) is 10.9 Å². The molecule has 0 aliphatic carbocycles. The van der Waals surface area contributed by atoms with E-state index in [1.807, 2.05) is 41.3 Å². The van der Waals surface area contributed by atoms with E-state index < -0.39 is 5.97 Å². The number of para-hydroxylation sites is 1. The summed E-state index contributed by atoms with van der Waals surface area (Å²) in [6, 6.07) is 16.5. The maximum Gasteiger partial charge on any atom is 0.335 e. The molecule has 1 aromatic heterocycles. The molecule has 1 amide bonds. The second-order valence-electron chi connectivity index (χ2n) is 6.90. The number of likely N-dealkylation sites (tertiary alicyclic amines) is 1. The van der Waals surface area contributed by atoms with Gasteiger partial charge >= 0.3 is 5.97 Å². The van der Waals surface area contributed by atoms with Crippen LogP contribution in [-0.2, 0) is 0 Å². The summed E-state index contributed by atoms with van der Waals surface area (Å²) in [5, 5.41) is 10.2. The first-order chi connectivity index (χ1) is 13.1. The zero-order valence-electron chi connectivity index (χ0n) is 14.8. The molecule has 1 saturated heterocycles. The third-order valence-electron chi connectivity index (χ3n) is 5.18. The van der Waals surface area contributed by atoms with Gasteiger partial charge in [0.05, 0.1) is 16.6 Å². The Morgan fingerprint density at radius 2 is 1.89 bits per heavy atom. The standard InChI is InChI=1S/C22H20N2O3/c25-21(19-10-2-5-15-8-3-11-23-20(15)19)24-12-4-9-18(14-24)16-6-1-7-17(13-16)22(26)27/h1-3,5-8,10-11,13,18H,4,9,12,14H2,(H,26,27)/t18-/m1/s1. The van der Waals surface area contributed by atoms with E-state index in [9.17, 15) is 14.7 Å². The lowest BCUT2D eigenvalue weighted by Crippen LogP contribution is -2.39. The highest BCUT2D eigenvalue weighted by Crippen LogP contribution is 2.29. The number of piperidine rings is 1. The molecule has 2 heterocycles. The van der Waals surface area contributed by atoms with Crippen LogP contribution in [0.3, 0.4) is 0 Å². The summed E-state index contributed by atoms with van der Waals surface area (Å²) >= 11 is 0. The number of rotatable bonds is 3. The monoisotopic (exact) mass is 360 g/mol. The maximum absolute atomic E-state index is 13.2. The van der Waals surface area contributed by atoms with Crippen LogP contribution in [0.2, 0.25) is 0 Å². The smallest absolute Gasteiger partial charge is 0.335 e. The Morgan fingerprint density at radius 1 is 1.07 bits per heavy atom. The van der Waals surface area contributed by atoms with Crippen molar-refractivity contribution >= 4 is 22.8 Å². The zero-order valence-corrected chi connectivity index (χ0v) is 14.8. The Morgan fingerprint density at radius 3 is 2.74 bits per heavy atom. The summed E-state index contributed by atoms with van der Waals surface area (Å²) in [6.07, 6.45) is 3.54. The van der Waals surface area contributed by atoms with Crippen LogP contribution in [0.1, 0.15) is 45.0 Å². The minimum Gasteiger partial charge on any atom is -0.478 e. The molecule has 5 nitrogen and oxygen atoms in total. The van der Waals surface area contributed by atoms with Crippen molar-refractivity contribution in [2.24, 2.45) is 0 Å². The number of nitrogens with zero attached hydrogens (tertiary/aromatic N) is 2. The van der Waals surface area contributed by atoms with Gasteiger partial charge in [0.2, 0.25) is 0 Å². The van der Waals surface area contributed by atoms with Gasteiger partial charge in [-0.2, -0.15) is 0 Å². The fraction of sp³-hybridized carbons (Fsp3) is 0.227. The Balaban J connectivity index is 1.60. The predicted octanol–water partition coefficient (Wildman–Crippen LogP) is 3.95. The highest BCUT2D eigenvalue weighted by atomic mass is 16.4. The normalized spacial score (nSPS) is 17.0. The molecule has 0 bridgehead atoms. The number of hydrogen-bond acceptors (Lipinski definition) is 3. The molecule has 2 aromatic carbocycles. The highest BCUT2D eigenvalue weighted by Gasteiger charge is 2.27. The summed E-state index contributed by atoms with van der Waals surface area (Å²) in [6.45, 7) is 1.29. The Hall–Kier alpha value is -3.21. The number of amides is 1. The number of pyridine rings is 1. The molecule has 1 atom stereocenters. The number of hydrogen-bond donors (Lipinski definition) is 1. The van der Waals surface area contributed by atoms with E-state index in [1.165, 1.54) is 0 Å². The second-order valence-corrected chi connectivity index (χ2v) is 6.90. The van der Waals surface area contributed by atoms with Crippen molar-refractivity contribution in [1.29, 1.82) is 0 Å². The third kappa shape index (κ3) is 3.40. The van der Waals surface area contributed by atoms with Gasteiger partial charge < -0.3 is 10.0 Å². The van der Waals surface area contributed by atoms with Crippen molar-refractivity contribution in [3.63, 3.8) is 0 Å². The number of carbonyl (C=O) groups is 2. The average molecular weight is 360 g/mol. The minimum atomic E-state index is -0.928. The SMILES string of the molecule is O=C(O)c1cccc([C@@H]2CCCN(C(=O)c3cccc4cccnc34)C2)c1. The molecular formula is C22H20N2O3. The quantitative estimate of drug-likeness (QED) is 0.768. The van der Waals surface area contributed by atoms with E-state index >= 15 is 0 Å². The Bertz CT molecular complexity index is 1010. The largest absolute Gasteiger partial charge is 0.478 e. The molecular weight excluding hydrogens is 340 g/mol. The van der Waals surface area contributed by atoms with Crippen LogP contribution in [0.4, 0.5) is 0 Å². The van der Waals surface area contributed by atoms with Crippen LogP contribution in [0.5, 0.6) is 0 Å². The molecule has 3 aromatic rings. The van der Waals surface area contributed by atoms with Crippen LogP contribution >= 0.6 is 0 Å². The Kier molecular flexibility index (Phi) is 4.59. The fourth-order valence-corrected chi connectivity index (χ4v) is 3.81. The van der Waals surface area contributed by atoms with Crippen LogP contribution in [0.15, 0.2) is 60.8 Å². The van der Waals surface area contributed by atoms with Crippen LogP contribution in [-0.4, -0.2) is 40.0 Å². The topological polar surface area (TPSA) is 70.5 Å². The first kappa shape index (κ1) is 17.2. The Labute approximate surface area is 157 Å². The van der Waals surface area contributed by atoms with Gasteiger partial charge in [-0.05, 0) is 42.7 Å². The summed E-state index contributed by atoms with van der Waals surface area (Å²) < 4.78 is 0. The molecule has 136 valence electrons. The molecule has 0 radical (unpaired) electrons. The highest BCUT2D eigenvalue weighted by molar-refractivity contribution is 6.05. The molecule has 1 aliphatic heterocycles. The molecule has 27 heavy (non-hydrogen) atoms. The first-order valence-corrected chi connectivity index (χ1v) is 9.10. The van der Waals surface area contributed by atoms with Crippen molar-refractivity contribution in [1.82, 2.24) is 9.88 Å². The number of carboxylic acids is 1. The van der Waals surface area contributed by atoms with Crippen molar-refractivity contribution < 1.29 is 14.7 Å². The van der Waals surface area contributed by atoms with Crippen molar-refractivity contribution in [2.75, 3.05) is 13.1 Å². The van der Waals surface area contributed by atoms with Gasteiger partial charge in [-0.1, -0.05) is 30.3 Å². The molecule has 0 unspecified atom stereocenters. The van der Waals surface area contributed by atoms with E-state index in [0.29, 0.717) is 18.7 Å². The van der Waals surface area contributed by atoms with E-state index in [0.717, 1.165) is 29.3 Å². The fourth-order valence-electron chi connectivity index (χ4n) is 3.81. The zero-order chi connectivity index (χ0) is 18.8. The summed E-state index contributed by atoms with van der Waals surface area (Å²) in [5.41, 5.74) is 2.60. The van der Waals surface area contributed by atoms with Crippen molar-refractivity contribution in [3.05, 3.63) is 77.5 Å². The number of carboxylic acid groups (broad SMARTS) is 1. The number of aromatic carboxylic acids is 1. The molecule has 0 saturated carbocycles. The molecule has 4 rings (SSSR count). The second kappa shape index (κ2) is 7.19. The van der Waals surface area contributed by atoms with Crippen LogP contribution < -0.4 is 0 Å². The van der Waals surface area contributed by atoms with Gasteiger partial charge in [-0.3, -0.25) is 9.78 Å². The van der Waals surface area contributed by atoms with Crippen molar-refractivity contribution in [2.45, 2.75) is 18.8 Å².